The highest BCUT2D eigenvalue weighted by Crippen LogP contribution is 2.16. The van der Waals surface area contributed by atoms with Crippen molar-refractivity contribution in [1.29, 1.82) is 0 Å². The van der Waals surface area contributed by atoms with Crippen molar-refractivity contribution in [3.63, 3.8) is 0 Å². The van der Waals surface area contributed by atoms with E-state index in [1.807, 2.05) is 54.6 Å². The zero-order chi connectivity index (χ0) is 18.2. The third kappa shape index (κ3) is 4.92. The molecule has 0 spiro atoms. The fraction of sp³-hybridized carbons (Fsp3) is 0.250. The third-order valence-corrected chi connectivity index (χ3v) is 3.85. The topological polar surface area (TPSA) is 77.2 Å². The quantitative estimate of drug-likeness (QED) is 0.675. The molecule has 134 valence electrons. The Morgan fingerprint density at radius 2 is 1.85 bits per heavy atom. The molecule has 6 nitrogen and oxygen atoms in total. The van der Waals surface area contributed by atoms with Gasteiger partial charge in [-0.05, 0) is 36.2 Å². The third-order valence-electron chi connectivity index (χ3n) is 3.85. The van der Waals surface area contributed by atoms with Crippen LogP contribution in [0.3, 0.4) is 0 Å². The lowest BCUT2D eigenvalue weighted by molar-refractivity contribution is -0.123. The average Bonchev–Trinajstić information content (AvgIpc) is 3.16. The van der Waals surface area contributed by atoms with Crippen molar-refractivity contribution in [2.75, 3.05) is 13.2 Å². The lowest BCUT2D eigenvalue weighted by Crippen LogP contribution is -2.30. The summed E-state index contributed by atoms with van der Waals surface area (Å²) in [5.41, 5.74) is 2.11. The smallest absolute Gasteiger partial charge is 0.257 e. The minimum Gasteiger partial charge on any atom is -0.484 e. The fourth-order valence-electron chi connectivity index (χ4n) is 2.38. The summed E-state index contributed by atoms with van der Waals surface area (Å²) in [6.45, 7) is 2.48. The molecule has 0 saturated heterocycles. The Bertz CT molecular complexity index is 829. The van der Waals surface area contributed by atoms with Crippen LogP contribution in [0.25, 0.3) is 11.5 Å². The molecule has 1 N–H and O–H groups in total. The molecule has 1 aromatic heterocycles. The van der Waals surface area contributed by atoms with Crippen molar-refractivity contribution < 1.29 is 13.9 Å². The van der Waals surface area contributed by atoms with Gasteiger partial charge >= 0.3 is 0 Å². The minimum atomic E-state index is -0.188. The zero-order valence-corrected chi connectivity index (χ0v) is 14.6. The van der Waals surface area contributed by atoms with Crippen molar-refractivity contribution in [1.82, 2.24) is 15.5 Å². The predicted molar refractivity (Wildman–Crippen MR) is 97.8 cm³/mol. The van der Waals surface area contributed by atoms with Gasteiger partial charge in [-0.2, -0.15) is 0 Å². The molecule has 6 heteroatoms. The number of carbonyl (C=O) groups is 1. The second kappa shape index (κ2) is 8.80. The van der Waals surface area contributed by atoms with Crippen molar-refractivity contribution >= 4 is 5.91 Å². The highest BCUT2D eigenvalue weighted by Gasteiger charge is 2.09. The number of carbonyl (C=O) groups excluding carboxylic acids is 1. The molecule has 1 heterocycles. The number of ether oxygens (including phenoxy) is 1. The number of benzene rings is 2. The first-order chi connectivity index (χ1) is 12.7. The molecule has 0 atom stereocenters. The fourth-order valence-corrected chi connectivity index (χ4v) is 2.38. The summed E-state index contributed by atoms with van der Waals surface area (Å²) in [7, 11) is 0. The molecule has 0 aliphatic heterocycles. The van der Waals surface area contributed by atoms with Crippen LogP contribution in [0.2, 0.25) is 0 Å². The maximum Gasteiger partial charge on any atom is 0.257 e. The average molecular weight is 351 g/mol. The maximum atomic E-state index is 11.9. The number of amides is 1. The van der Waals surface area contributed by atoms with Gasteiger partial charge in [0, 0.05) is 18.5 Å². The molecule has 0 unspecified atom stereocenters. The SMILES string of the molecule is CCc1ccc(OCC(=O)NCCc2nnc(-c3ccccc3)o2)cc1. The minimum absolute atomic E-state index is 0.0232. The van der Waals surface area contributed by atoms with Crippen LogP contribution in [-0.2, 0) is 17.6 Å². The summed E-state index contributed by atoms with van der Waals surface area (Å²) in [5.74, 6) is 1.46. The lowest BCUT2D eigenvalue weighted by Gasteiger charge is -2.07. The molecule has 0 aliphatic rings. The summed E-state index contributed by atoms with van der Waals surface area (Å²) in [4.78, 5) is 11.9. The molecule has 0 radical (unpaired) electrons. The van der Waals surface area contributed by atoms with E-state index in [0.717, 1.165) is 12.0 Å². The molecule has 0 fully saturated rings. The van der Waals surface area contributed by atoms with E-state index in [2.05, 4.69) is 22.4 Å². The Morgan fingerprint density at radius 1 is 1.08 bits per heavy atom. The van der Waals surface area contributed by atoms with Gasteiger partial charge in [0.1, 0.15) is 5.75 Å². The maximum absolute atomic E-state index is 11.9. The van der Waals surface area contributed by atoms with Gasteiger partial charge in [-0.15, -0.1) is 10.2 Å². The Balaban J connectivity index is 1.40. The van der Waals surface area contributed by atoms with Crippen molar-refractivity contribution in [2.45, 2.75) is 19.8 Å². The summed E-state index contributed by atoms with van der Waals surface area (Å²) in [6, 6.07) is 17.3. The van der Waals surface area contributed by atoms with Crippen LogP contribution in [0.5, 0.6) is 5.75 Å². The van der Waals surface area contributed by atoms with Crippen LogP contribution in [-0.4, -0.2) is 29.3 Å². The number of aryl methyl sites for hydroxylation is 1. The summed E-state index contributed by atoms with van der Waals surface area (Å²) < 4.78 is 11.1. The number of nitrogens with zero attached hydrogens (tertiary/aromatic N) is 2. The van der Waals surface area contributed by atoms with E-state index in [-0.39, 0.29) is 12.5 Å². The number of aromatic nitrogens is 2. The van der Waals surface area contributed by atoms with Gasteiger partial charge in [0.25, 0.3) is 5.91 Å². The number of nitrogens with one attached hydrogen (secondary N) is 1. The molecule has 0 bridgehead atoms. The molecule has 26 heavy (non-hydrogen) atoms. The standard InChI is InChI=1S/C20H21N3O3/c1-2-15-8-10-17(11-9-15)25-14-18(24)21-13-12-19-22-23-20(26-19)16-6-4-3-5-7-16/h3-11H,2,12-14H2,1H3,(H,21,24). The van der Waals surface area contributed by atoms with E-state index in [0.29, 0.717) is 30.5 Å². The van der Waals surface area contributed by atoms with Crippen molar-refractivity contribution in [3.05, 3.63) is 66.1 Å². The summed E-state index contributed by atoms with van der Waals surface area (Å²) in [6.07, 6.45) is 1.44. The van der Waals surface area contributed by atoms with Crippen molar-refractivity contribution in [2.24, 2.45) is 0 Å². The summed E-state index contributed by atoms with van der Waals surface area (Å²) in [5, 5.41) is 10.8. The van der Waals surface area contributed by atoms with Crippen LogP contribution in [0.4, 0.5) is 0 Å². The molecule has 1 amide bonds. The first-order valence-electron chi connectivity index (χ1n) is 8.61. The first kappa shape index (κ1) is 17.7. The predicted octanol–water partition coefficient (Wildman–Crippen LogP) is 3.04. The second-order valence-electron chi connectivity index (χ2n) is 5.75. The van der Waals surface area contributed by atoms with Crippen LogP contribution < -0.4 is 10.1 Å². The van der Waals surface area contributed by atoms with Gasteiger partial charge in [-0.1, -0.05) is 37.3 Å². The number of hydrogen-bond donors (Lipinski definition) is 1. The molecule has 0 aliphatic carbocycles. The monoisotopic (exact) mass is 351 g/mol. The van der Waals surface area contributed by atoms with Crippen LogP contribution in [0.1, 0.15) is 18.4 Å². The van der Waals surface area contributed by atoms with E-state index in [1.54, 1.807) is 0 Å². The van der Waals surface area contributed by atoms with Crippen LogP contribution >= 0.6 is 0 Å². The Labute approximate surface area is 152 Å². The first-order valence-corrected chi connectivity index (χ1v) is 8.61. The highest BCUT2D eigenvalue weighted by atomic mass is 16.5. The van der Waals surface area contributed by atoms with Gasteiger partial charge in [0.2, 0.25) is 11.8 Å². The van der Waals surface area contributed by atoms with Gasteiger partial charge in [0.05, 0.1) is 0 Å². The van der Waals surface area contributed by atoms with E-state index in [9.17, 15) is 4.79 Å². The van der Waals surface area contributed by atoms with Crippen LogP contribution in [0.15, 0.2) is 59.0 Å². The van der Waals surface area contributed by atoms with Crippen molar-refractivity contribution in [3.8, 4) is 17.2 Å². The molecular formula is C20H21N3O3. The Kier molecular flexibility index (Phi) is 5.98. The zero-order valence-electron chi connectivity index (χ0n) is 14.6. The van der Waals surface area contributed by atoms with Gasteiger partial charge < -0.3 is 14.5 Å². The number of rotatable bonds is 8. The highest BCUT2D eigenvalue weighted by molar-refractivity contribution is 5.77. The Morgan fingerprint density at radius 3 is 2.58 bits per heavy atom. The lowest BCUT2D eigenvalue weighted by atomic mass is 10.2. The molecule has 3 rings (SSSR count). The second-order valence-corrected chi connectivity index (χ2v) is 5.75. The number of hydrogen-bond acceptors (Lipinski definition) is 5. The van der Waals surface area contributed by atoms with Gasteiger partial charge in [-0.3, -0.25) is 4.79 Å². The van der Waals surface area contributed by atoms with E-state index < -0.39 is 0 Å². The van der Waals surface area contributed by atoms with Crippen LogP contribution in [0, 0.1) is 0 Å². The molecular weight excluding hydrogens is 330 g/mol. The molecule has 0 saturated carbocycles. The van der Waals surface area contributed by atoms with E-state index in [4.69, 9.17) is 9.15 Å². The van der Waals surface area contributed by atoms with E-state index in [1.165, 1.54) is 5.56 Å². The largest absolute Gasteiger partial charge is 0.484 e. The normalized spacial score (nSPS) is 10.5. The molecule has 3 aromatic rings. The molecule has 2 aromatic carbocycles. The van der Waals surface area contributed by atoms with E-state index >= 15 is 0 Å². The Hall–Kier alpha value is -3.15. The van der Waals surface area contributed by atoms with Gasteiger partial charge in [0.15, 0.2) is 6.61 Å². The van der Waals surface area contributed by atoms with Gasteiger partial charge in [-0.25, -0.2) is 0 Å². The summed E-state index contributed by atoms with van der Waals surface area (Å²) >= 11 is 0.